The van der Waals surface area contributed by atoms with Gasteiger partial charge in [0, 0.05) is 39.5 Å². The van der Waals surface area contributed by atoms with Crippen LogP contribution in [0.15, 0.2) is 30.5 Å². The van der Waals surface area contributed by atoms with Crippen LogP contribution in [0.3, 0.4) is 0 Å². The maximum atomic E-state index is 5.86. The lowest BCUT2D eigenvalue weighted by atomic mass is 9.90. The normalized spacial score (nSPS) is 19.1. The summed E-state index contributed by atoms with van der Waals surface area (Å²) in [4.78, 5) is 4.73. The highest BCUT2D eigenvalue weighted by molar-refractivity contribution is 5.46. The summed E-state index contributed by atoms with van der Waals surface area (Å²) in [6.45, 7) is 4.07. The summed E-state index contributed by atoms with van der Waals surface area (Å²) in [5.74, 6) is 0. The van der Waals surface area contributed by atoms with Crippen molar-refractivity contribution in [3.63, 3.8) is 0 Å². The first-order valence-corrected chi connectivity index (χ1v) is 7.96. The van der Waals surface area contributed by atoms with Gasteiger partial charge in [0.25, 0.3) is 0 Å². The number of hydrogen-bond donors (Lipinski definition) is 0. The van der Waals surface area contributed by atoms with Gasteiger partial charge in [-0.05, 0) is 45.1 Å². The first-order valence-electron chi connectivity index (χ1n) is 7.96. The van der Waals surface area contributed by atoms with Gasteiger partial charge in [-0.25, -0.2) is 4.52 Å². The fraction of sp³-hybridized carbons (Fsp3) is 0.588. The van der Waals surface area contributed by atoms with Gasteiger partial charge < -0.3 is 9.64 Å². The molecule has 0 N–H and O–H groups in total. The molecular weight excluding hydrogens is 276 g/mol. The van der Waals surface area contributed by atoms with Crippen LogP contribution < -0.4 is 0 Å². The number of hydrogen-bond acceptors (Lipinski definition) is 4. The third kappa shape index (κ3) is 3.16. The molecule has 3 heterocycles. The monoisotopic (exact) mass is 302 g/mol. The zero-order chi connectivity index (χ0) is 15.6. The lowest BCUT2D eigenvalue weighted by Gasteiger charge is -2.42. The number of likely N-dealkylation sites (N-methyl/N-ethyl adjacent to an activating group) is 1. The third-order valence-corrected chi connectivity index (χ3v) is 4.69. The molecule has 0 amide bonds. The fourth-order valence-corrected chi connectivity index (χ4v) is 3.48. The molecule has 0 unspecified atom stereocenters. The SMILES string of the molecule is COC1(CN(C)C)CCN(Cc2cccc3ccnn23)CC1. The first kappa shape index (κ1) is 15.5. The van der Waals surface area contributed by atoms with Gasteiger partial charge in [-0.3, -0.25) is 4.90 Å². The minimum Gasteiger partial charge on any atom is -0.377 e. The predicted molar refractivity (Wildman–Crippen MR) is 88.0 cm³/mol. The van der Waals surface area contributed by atoms with E-state index in [1.165, 1.54) is 5.69 Å². The second kappa shape index (κ2) is 6.36. The van der Waals surface area contributed by atoms with E-state index in [4.69, 9.17) is 4.74 Å². The highest BCUT2D eigenvalue weighted by atomic mass is 16.5. The average Bonchev–Trinajstić information content (AvgIpc) is 2.98. The van der Waals surface area contributed by atoms with Gasteiger partial charge in [-0.15, -0.1) is 0 Å². The Balaban J connectivity index is 1.65. The van der Waals surface area contributed by atoms with Crippen molar-refractivity contribution in [2.24, 2.45) is 0 Å². The molecule has 5 nitrogen and oxygen atoms in total. The third-order valence-electron chi connectivity index (χ3n) is 4.69. The minimum absolute atomic E-state index is 0.0116. The Kier molecular flexibility index (Phi) is 4.47. The van der Waals surface area contributed by atoms with Gasteiger partial charge in [0.2, 0.25) is 0 Å². The number of likely N-dealkylation sites (tertiary alicyclic amines) is 1. The van der Waals surface area contributed by atoms with Crippen LogP contribution in [-0.2, 0) is 11.3 Å². The number of fused-ring (bicyclic) bond motifs is 1. The van der Waals surface area contributed by atoms with Crippen molar-refractivity contribution in [2.45, 2.75) is 25.0 Å². The van der Waals surface area contributed by atoms with Crippen LogP contribution in [0.5, 0.6) is 0 Å². The summed E-state index contributed by atoms with van der Waals surface area (Å²) < 4.78 is 7.90. The Hall–Kier alpha value is -1.43. The van der Waals surface area contributed by atoms with Crippen molar-refractivity contribution in [1.29, 1.82) is 0 Å². The number of ether oxygens (including phenoxy) is 1. The van der Waals surface area contributed by atoms with Gasteiger partial charge in [-0.1, -0.05) is 6.07 Å². The molecule has 2 aromatic heterocycles. The number of aromatic nitrogens is 2. The van der Waals surface area contributed by atoms with Crippen molar-refractivity contribution in [3.8, 4) is 0 Å². The van der Waals surface area contributed by atoms with Crippen molar-refractivity contribution in [1.82, 2.24) is 19.4 Å². The van der Waals surface area contributed by atoms with Gasteiger partial charge in [0.15, 0.2) is 0 Å². The highest BCUT2D eigenvalue weighted by Gasteiger charge is 2.35. The molecule has 3 rings (SSSR count). The zero-order valence-corrected chi connectivity index (χ0v) is 13.8. The molecule has 1 fully saturated rings. The maximum Gasteiger partial charge on any atom is 0.0829 e. The summed E-state index contributed by atoms with van der Waals surface area (Å²) in [7, 11) is 6.08. The standard InChI is InChI=1S/C17H26N4O/c1-19(2)14-17(22-3)8-11-20(12-9-17)13-16-6-4-5-15-7-10-18-21(15)16/h4-7,10H,8-9,11-14H2,1-3H3. The summed E-state index contributed by atoms with van der Waals surface area (Å²) >= 11 is 0. The molecule has 22 heavy (non-hydrogen) atoms. The average molecular weight is 302 g/mol. The van der Waals surface area contributed by atoms with Crippen molar-refractivity contribution in [3.05, 3.63) is 36.2 Å². The van der Waals surface area contributed by atoms with Crippen LogP contribution in [0.1, 0.15) is 18.5 Å². The van der Waals surface area contributed by atoms with E-state index in [-0.39, 0.29) is 5.60 Å². The first-order chi connectivity index (χ1) is 10.6. The quantitative estimate of drug-likeness (QED) is 0.844. The molecular formula is C17H26N4O. The highest BCUT2D eigenvalue weighted by Crippen LogP contribution is 2.27. The number of nitrogens with zero attached hydrogens (tertiary/aromatic N) is 4. The van der Waals surface area contributed by atoms with E-state index in [1.54, 1.807) is 0 Å². The molecule has 0 radical (unpaired) electrons. The van der Waals surface area contributed by atoms with Crippen molar-refractivity contribution in [2.75, 3.05) is 40.8 Å². The lowest BCUT2D eigenvalue weighted by Crippen LogP contribution is -2.50. The number of pyridine rings is 1. The number of rotatable bonds is 5. The Labute approximate surface area is 132 Å². The largest absolute Gasteiger partial charge is 0.377 e. The Morgan fingerprint density at radius 1 is 1.23 bits per heavy atom. The van der Waals surface area contributed by atoms with E-state index in [1.807, 2.05) is 23.9 Å². The second-order valence-electron chi connectivity index (χ2n) is 6.59. The minimum atomic E-state index is 0.0116. The van der Waals surface area contributed by atoms with Crippen molar-refractivity contribution >= 4 is 5.52 Å². The van der Waals surface area contributed by atoms with E-state index in [2.05, 4.69) is 47.2 Å². The molecule has 0 aromatic carbocycles. The van der Waals surface area contributed by atoms with E-state index in [9.17, 15) is 0 Å². The molecule has 0 saturated carbocycles. The molecule has 0 spiro atoms. The van der Waals surface area contributed by atoms with Crippen LogP contribution >= 0.6 is 0 Å². The molecule has 1 saturated heterocycles. The fourth-order valence-electron chi connectivity index (χ4n) is 3.48. The van der Waals surface area contributed by atoms with Gasteiger partial charge in [-0.2, -0.15) is 5.10 Å². The summed E-state index contributed by atoms with van der Waals surface area (Å²) in [5, 5.41) is 4.43. The van der Waals surface area contributed by atoms with Crippen LogP contribution in [0.4, 0.5) is 0 Å². The van der Waals surface area contributed by atoms with Gasteiger partial charge >= 0.3 is 0 Å². The van der Waals surface area contributed by atoms with Crippen LogP contribution in [0.2, 0.25) is 0 Å². The molecule has 120 valence electrons. The maximum absolute atomic E-state index is 5.86. The summed E-state index contributed by atoms with van der Waals surface area (Å²) in [6, 6.07) is 8.42. The lowest BCUT2D eigenvalue weighted by molar-refractivity contribution is -0.0714. The van der Waals surface area contributed by atoms with Crippen LogP contribution in [-0.4, -0.2) is 65.9 Å². The molecule has 0 atom stereocenters. The zero-order valence-electron chi connectivity index (χ0n) is 13.8. The van der Waals surface area contributed by atoms with Crippen molar-refractivity contribution < 1.29 is 4.74 Å². The van der Waals surface area contributed by atoms with E-state index >= 15 is 0 Å². The van der Waals surface area contributed by atoms with Gasteiger partial charge in [0.1, 0.15) is 0 Å². The molecule has 1 aliphatic heterocycles. The number of piperidine rings is 1. The molecule has 0 aliphatic carbocycles. The second-order valence-corrected chi connectivity index (χ2v) is 6.59. The van der Waals surface area contributed by atoms with E-state index in [0.717, 1.165) is 44.5 Å². The predicted octanol–water partition coefficient (Wildman–Crippen LogP) is 1.88. The molecule has 5 heteroatoms. The Bertz CT molecular complexity index is 614. The van der Waals surface area contributed by atoms with Crippen LogP contribution in [0, 0.1) is 0 Å². The Morgan fingerprint density at radius 2 is 2.00 bits per heavy atom. The number of methoxy groups -OCH3 is 1. The Morgan fingerprint density at radius 3 is 2.68 bits per heavy atom. The van der Waals surface area contributed by atoms with E-state index in [0.29, 0.717) is 0 Å². The molecule has 1 aliphatic rings. The van der Waals surface area contributed by atoms with E-state index < -0.39 is 0 Å². The molecule has 0 bridgehead atoms. The summed E-state index contributed by atoms with van der Waals surface area (Å²) in [5.41, 5.74) is 2.42. The van der Waals surface area contributed by atoms with Crippen LogP contribution in [0.25, 0.3) is 5.52 Å². The van der Waals surface area contributed by atoms with Gasteiger partial charge in [0.05, 0.1) is 16.8 Å². The topological polar surface area (TPSA) is 33.0 Å². The smallest absolute Gasteiger partial charge is 0.0829 e. The summed E-state index contributed by atoms with van der Waals surface area (Å²) in [6.07, 6.45) is 4.02. The molecule has 2 aromatic rings.